The summed E-state index contributed by atoms with van der Waals surface area (Å²) in [4.78, 5) is 7.95. The Morgan fingerprint density at radius 3 is 2.79 bits per heavy atom. The summed E-state index contributed by atoms with van der Waals surface area (Å²) < 4.78 is 1.54. The van der Waals surface area contributed by atoms with Gasteiger partial charge in [0.2, 0.25) is 0 Å². The average Bonchev–Trinajstić information content (AvgIpc) is 2.65. The lowest BCUT2D eigenvalue weighted by Gasteiger charge is -1.99. The van der Waals surface area contributed by atoms with Crippen molar-refractivity contribution in [2.75, 3.05) is 0 Å². The van der Waals surface area contributed by atoms with Gasteiger partial charge in [-0.3, -0.25) is 0 Å². The van der Waals surface area contributed by atoms with E-state index in [9.17, 15) is 0 Å². The van der Waals surface area contributed by atoms with E-state index in [1.165, 1.54) is 12.4 Å². The second kappa shape index (κ2) is 3.26. The molecule has 0 fully saturated rings. The molecule has 0 aliphatic heterocycles. The molecule has 0 atom stereocenters. The SMILES string of the molecule is Cc1cnn(-c2nccnc2C#N)c1. The van der Waals surface area contributed by atoms with Crippen molar-refractivity contribution >= 4 is 0 Å². The summed E-state index contributed by atoms with van der Waals surface area (Å²) >= 11 is 0. The van der Waals surface area contributed by atoms with E-state index in [4.69, 9.17) is 5.26 Å². The third-order valence-electron chi connectivity index (χ3n) is 1.71. The Kier molecular flexibility index (Phi) is 1.95. The van der Waals surface area contributed by atoms with Gasteiger partial charge in [-0.15, -0.1) is 0 Å². The number of aromatic nitrogens is 4. The highest BCUT2D eigenvalue weighted by Crippen LogP contribution is 2.07. The van der Waals surface area contributed by atoms with Gasteiger partial charge < -0.3 is 0 Å². The van der Waals surface area contributed by atoms with E-state index in [1.54, 1.807) is 17.1 Å². The van der Waals surface area contributed by atoms with Crippen molar-refractivity contribution in [1.29, 1.82) is 5.26 Å². The molecule has 0 radical (unpaired) electrons. The lowest BCUT2D eigenvalue weighted by Crippen LogP contribution is -2.02. The number of nitrogens with zero attached hydrogens (tertiary/aromatic N) is 5. The maximum Gasteiger partial charge on any atom is 0.190 e. The number of rotatable bonds is 1. The third kappa shape index (κ3) is 1.33. The maximum atomic E-state index is 8.79. The molecule has 0 amide bonds. The van der Waals surface area contributed by atoms with Crippen LogP contribution < -0.4 is 0 Å². The molecule has 14 heavy (non-hydrogen) atoms. The number of aryl methyl sites for hydroxylation is 1. The number of hydrogen-bond acceptors (Lipinski definition) is 4. The first kappa shape index (κ1) is 8.38. The summed E-state index contributed by atoms with van der Waals surface area (Å²) in [5, 5.41) is 12.9. The van der Waals surface area contributed by atoms with Gasteiger partial charge in [0.05, 0.1) is 6.20 Å². The van der Waals surface area contributed by atoms with Crippen LogP contribution in [0.4, 0.5) is 0 Å². The van der Waals surface area contributed by atoms with Crippen LogP contribution in [0.2, 0.25) is 0 Å². The number of nitriles is 1. The lowest BCUT2D eigenvalue weighted by atomic mass is 10.4. The van der Waals surface area contributed by atoms with Gasteiger partial charge in [-0.25, -0.2) is 14.6 Å². The van der Waals surface area contributed by atoms with E-state index in [2.05, 4.69) is 15.1 Å². The molecular weight excluding hydrogens is 178 g/mol. The number of hydrogen-bond donors (Lipinski definition) is 0. The Bertz CT molecular complexity index is 494. The van der Waals surface area contributed by atoms with Crippen LogP contribution in [-0.4, -0.2) is 19.7 Å². The molecule has 0 spiro atoms. The molecule has 0 N–H and O–H groups in total. The molecule has 2 aromatic rings. The van der Waals surface area contributed by atoms with Gasteiger partial charge in [0.25, 0.3) is 0 Å². The van der Waals surface area contributed by atoms with Gasteiger partial charge in [-0.1, -0.05) is 0 Å². The van der Waals surface area contributed by atoms with E-state index in [1.807, 2.05) is 13.0 Å². The van der Waals surface area contributed by atoms with E-state index in [0.717, 1.165) is 5.56 Å². The van der Waals surface area contributed by atoms with Crippen LogP contribution in [0, 0.1) is 18.3 Å². The Morgan fingerprint density at radius 2 is 2.14 bits per heavy atom. The Labute approximate surface area is 80.7 Å². The summed E-state index contributed by atoms with van der Waals surface area (Å²) in [6, 6.07) is 1.97. The van der Waals surface area contributed by atoms with Crippen LogP contribution >= 0.6 is 0 Å². The van der Waals surface area contributed by atoms with E-state index in [-0.39, 0.29) is 5.69 Å². The first-order valence-electron chi connectivity index (χ1n) is 4.04. The van der Waals surface area contributed by atoms with Crippen molar-refractivity contribution in [2.24, 2.45) is 0 Å². The van der Waals surface area contributed by atoms with Gasteiger partial charge >= 0.3 is 0 Å². The van der Waals surface area contributed by atoms with Crippen molar-refractivity contribution in [3.05, 3.63) is 36.0 Å². The predicted molar refractivity (Wildman–Crippen MR) is 48.6 cm³/mol. The first-order valence-corrected chi connectivity index (χ1v) is 4.04. The minimum Gasteiger partial charge on any atom is -0.240 e. The van der Waals surface area contributed by atoms with Crippen LogP contribution in [-0.2, 0) is 0 Å². The second-order valence-electron chi connectivity index (χ2n) is 2.80. The van der Waals surface area contributed by atoms with Gasteiger partial charge in [-0.2, -0.15) is 10.4 Å². The summed E-state index contributed by atoms with van der Waals surface area (Å²) in [6.07, 6.45) is 6.52. The van der Waals surface area contributed by atoms with Gasteiger partial charge in [0, 0.05) is 18.6 Å². The van der Waals surface area contributed by atoms with Crippen LogP contribution in [0.15, 0.2) is 24.8 Å². The summed E-state index contributed by atoms with van der Waals surface area (Å²) in [7, 11) is 0. The Morgan fingerprint density at radius 1 is 1.36 bits per heavy atom. The van der Waals surface area contributed by atoms with Crippen molar-refractivity contribution in [1.82, 2.24) is 19.7 Å². The predicted octanol–water partition coefficient (Wildman–Crippen LogP) is 0.842. The quantitative estimate of drug-likeness (QED) is 0.660. The normalized spacial score (nSPS) is 9.71. The first-order chi connectivity index (χ1) is 6.81. The molecule has 0 saturated carbocycles. The monoisotopic (exact) mass is 185 g/mol. The van der Waals surface area contributed by atoms with E-state index in [0.29, 0.717) is 5.82 Å². The van der Waals surface area contributed by atoms with Crippen LogP contribution in [0.3, 0.4) is 0 Å². The topological polar surface area (TPSA) is 67.4 Å². The summed E-state index contributed by atoms with van der Waals surface area (Å²) in [5.74, 6) is 0.461. The highest BCUT2D eigenvalue weighted by atomic mass is 15.3. The molecule has 0 bridgehead atoms. The summed E-state index contributed by atoms with van der Waals surface area (Å²) in [5.41, 5.74) is 1.29. The summed E-state index contributed by atoms with van der Waals surface area (Å²) in [6.45, 7) is 1.92. The van der Waals surface area contributed by atoms with Crippen molar-refractivity contribution in [2.45, 2.75) is 6.92 Å². The Balaban J connectivity index is 2.57. The van der Waals surface area contributed by atoms with Gasteiger partial charge in [-0.05, 0) is 12.5 Å². The maximum absolute atomic E-state index is 8.79. The highest BCUT2D eigenvalue weighted by molar-refractivity contribution is 5.36. The molecule has 68 valence electrons. The zero-order chi connectivity index (χ0) is 9.97. The minimum atomic E-state index is 0.274. The van der Waals surface area contributed by atoms with Gasteiger partial charge in [0.15, 0.2) is 11.5 Å². The van der Waals surface area contributed by atoms with Gasteiger partial charge in [0.1, 0.15) is 6.07 Å². The molecule has 0 saturated heterocycles. The molecule has 2 rings (SSSR count). The molecule has 2 heterocycles. The zero-order valence-electron chi connectivity index (χ0n) is 7.55. The molecule has 5 heteroatoms. The standard InChI is InChI=1S/C9H7N5/c1-7-5-13-14(6-7)9-8(4-10)11-2-3-12-9/h2-3,5-6H,1H3. The smallest absolute Gasteiger partial charge is 0.190 e. The average molecular weight is 185 g/mol. The third-order valence-corrected chi connectivity index (χ3v) is 1.71. The highest BCUT2D eigenvalue weighted by Gasteiger charge is 2.06. The Hall–Kier alpha value is -2.22. The van der Waals surface area contributed by atoms with Crippen LogP contribution in [0.1, 0.15) is 11.3 Å². The molecule has 2 aromatic heterocycles. The van der Waals surface area contributed by atoms with Crippen molar-refractivity contribution < 1.29 is 0 Å². The molecule has 0 unspecified atom stereocenters. The molecule has 5 nitrogen and oxygen atoms in total. The minimum absolute atomic E-state index is 0.274. The fourth-order valence-electron chi connectivity index (χ4n) is 1.11. The molecular formula is C9H7N5. The van der Waals surface area contributed by atoms with E-state index < -0.39 is 0 Å². The van der Waals surface area contributed by atoms with Crippen molar-refractivity contribution in [3.8, 4) is 11.9 Å². The zero-order valence-corrected chi connectivity index (χ0v) is 7.55. The lowest BCUT2D eigenvalue weighted by molar-refractivity contribution is 0.832. The fraction of sp³-hybridized carbons (Fsp3) is 0.111. The largest absolute Gasteiger partial charge is 0.240 e. The molecule has 0 aliphatic rings. The molecule has 0 aliphatic carbocycles. The molecule has 0 aromatic carbocycles. The fourth-order valence-corrected chi connectivity index (χ4v) is 1.11. The van der Waals surface area contributed by atoms with Crippen LogP contribution in [0.25, 0.3) is 5.82 Å². The van der Waals surface area contributed by atoms with E-state index >= 15 is 0 Å². The van der Waals surface area contributed by atoms with Crippen LogP contribution in [0.5, 0.6) is 0 Å². The van der Waals surface area contributed by atoms with Crippen molar-refractivity contribution in [3.63, 3.8) is 0 Å². The second-order valence-corrected chi connectivity index (χ2v) is 2.80.